The molecule has 0 aliphatic carbocycles. The summed E-state index contributed by atoms with van der Waals surface area (Å²) in [4.78, 5) is 11.8. The van der Waals surface area contributed by atoms with Gasteiger partial charge in [-0.1, -0.05) is 64.7 Å². The molecular formula is C17H36N2O. The van der Waals surface area contributed by atoms with E-state index in [2.05, 4.69) is 12.2 Å². The van der Waals surface area contributed by atoms with Gasteiger partial charge >= 0.3 is 0 Å². The molecule has 0 rings (SSSR count). The molecule has 0 unspecified atom stereocenters. The second kappa shape index (κ2) is 12.2. The van der Waals surface area contributed by atoms with Gasteiger partial charge in [0, 0.05) is 13.1 Å². The van der Waals surface area contributed by atoms with E-state index in [9.17, 15) is 4.79 Å². The highest BCUT2D eigenvalue weighted by molar-refractivity contribution is 5.81. The Balaban J connectivity index is 3.27. The lowest BCUT2D eigenvalue weighted by Gasteiger charge is -2.21. The Morgan fingerprint density at radius 2 is 1.35 bits per heavy atom. The minimum absolute atomic E-state index is 0.0796. The van der Waals surface area contributed by atoms with Crippen molar-refractivity contribution in [3.05, 3.63) is 0 Å². The molecule has 3 heteroatoms. The van der Waals surface area contributed by atoms with Crippen molar-refractivity contribution in [2.24, 2.45) is 11.1 Å². The molecule has 0 bridgehead atoms. The molecule has 0 aliphatic heterocycles. The van der Waals surface area contributed by atoms with Gasteiger partial charge in [0.05, 0.1) is 5.41 Å². The van der Waals surface area contributed by atoms with Crippen LogP contribution in [0.5, 0.6) is 0 Å². The summed E-state index contributed by atoms with van der Waals surface area (Å²) in [6.07, 6.45) is 13.2. The van der Waals surface area contributed by atoms with Crippen molar-refractivity contribution in [2.45, 2.75) is 85.0 Å². The smallest absolute Gasteiger partial charge is 0.226 e. The van der Waals surface area contributed by atoms with Gasteiger partial charge in [0.25, 0.3) is 0 Å². The Morgan fingerprint density at radius 3 is 1.80 bits per heavy atom. The number of carbonyl (C=O) groups excluding carboxylic acids is 1. The topological polar surface area (TPSA) is 55.1 Å². The third kappa shape index (κ3) is 10.2. The fourth-order valence-corrected chi connectivity index (χ4v) is 2.15. The van der Waals surface area contributed by atoms with E-state index in [-0.39, 0.29) is 5.91 Å². The number of hydrogen-bond donors (Lipinski definition) is 2. The van der Waals surface area contributed by atoms with Crippen LogP contribution in [0, 0.1) is 5.41 Å². The summed E-state index contributed by atoms with van der Waals surface area (Å²) < 4.78 is 0. The third-order valence-electron chi connectivity index (χ3n) is 3.94. The molecule has 0 radical (unpaired) electrons. The van der Waals surface area contributed by atoms with Crippen molar-refractivity contribution >= 4 is 5.91 Å². The van der Waals surface area contributed by atoms with Gasteiger partial charge in [-0.25, -0.2) is 0 Å². The second-order valence-electron chi connectivity index (χ2n) is 6.53. The van der Waals surface area contributed by atoms with Gasteiger partial charge in [0.1, 0.15) is 0 Å². The molecule has 120 valence electrons. The number of rotatable bonds is 13. The zero-order valence-corrected chi connectivity index (χ0v) is 14.0. The quantitative estimate of drug-likeness (QED) is 0.502. The van der Waals surface area contributed by atoms with Gasteiger partial charge in [0.2, 0.25) is 5.91 Å². The Morgan fingerprint density at radius 1 is 0.900 bits per heavy atom. The van der Waals surface area contributed by atoms with E-state index < -0.39 is 5.41 Å². The van der Waals surface area contributed by atoms with E-state index in [1.165, 1.54) is 57.8 Å². The highest BCUT2D eigenvalue weighted by Crippen LogP contribution is 2.13. The van der Waals surface area contributed by atoms with Crippen molar-refractivity contribution in [2.75, 3.05) is 13.1 Å². The van der Waals surface area contributed by atoms with Gasteiger partial charge in [-0.2, -0.15) is 0 Å². The average molecular weight is 284 g/mol. The lowest BCUT2D eigenvalue weighted by Crippen LogP contribution is -2.42. The Hall–Kier alpha value is -0.570. The molecule has 3 nitrogen and oxygen atoms in total. The molecule has 0 atom stereocenters. The van der Waals surface area contributed by atoms with Gasteiger partial charge < -0.3 is 11.1 Å². The predicted molar refractivity (Wildman–Crippen MR) is 87.7 cm³/mol. The number of unbranched alkanes of at least 4 members (excludes halogenated alkanes) is 9. The van der Waals surface area contributed by atoms with Crippen LogP contribution < -0.4 is 11.1 Å². The van der Waals surface area contributed by atoms with Crippen molar-refractivity contribution in [3.63, 3.8) is 0 Å². The normalized spacial score (nSPS) is 11.6. The van der Waals surface area contributed by atoms with Gasteiger partial charge in [-0.3, -0.25) is 4.79 Å². The summed E-state index contributed by atoms with van der Waals surface area (Å²) in [5.41, 5.74) is 5.14. The zero-order valence-electron chi connectivity index (χ0n) is 14.0. The molecule has 1 amide bonds. The molecular weight excluding hydrogens is 248 g/mol. The summed E-state index contributed by atoms with van der Waals surface area (Å²) in [5, 5.41) is 2.98. The first-order valence-corrected chi connectivity index (χ1v) is 8.53. The van der Waals surface area contributed by atoms with E-state index in [1.807, 2.05) is 13.8 Å². The predicted octanol–water partition coefficient (Wildman–Crippen LogP) is 4.01. The van der Waals surface area contributed by atoms with Crippen LogP contribution in [0.15, 0.2) is 0 Å². The van der Waals surface area contributed by atoms with Crippen LogP contribution in [0.4, 0.5) is 0 Å². The molecule has 0 saturated heterocycles. The summed E-state index contributed by atoms with van der Waals surface area (Å²) in [7, 11) is 0. The minimum atomic E-state index is -0.432. The lowest BCUT2D eigenvalue weighted by molar-refractivity contribution is -0.128. The van der Waals surface area contributed by atoms with Gasteiger partial charge in [-0.15, -0.1) is 0 Å². The molecule has 0 aromatic heterocycles. The van der Waals surface area contributed by atoms with Crippen molar-refractivity contribution < 1.29 is 4.79 Å². The molecule has 0 aromatic rings. The monoisotopic (exact) mass is 284 g/mol. The second-order valence-corrected chi connectivity index (χ2v) is 6.53. The molecule has 0 aliphatic rings. The first kappa shape index (κ1) is 19.4. The maximum Gasteiger partial charge on any atom is 0.226 e. The van der Waals surface area contributed by atoms with Gasteiger partial charge in [-0.05, 0) is 20.3 Å². The van der Waals surface area contributed by atoms with Crippen LogP contribution in [0.1, 0.15) is 85.0 Å². The fourth-order valence-electron chi connectivity index (χ4n) is 2.15. The highest BCUT2D eigenvalue weighted by Gasteiger charge is 2.24. The lowest BCUT2D eigenvalue weighted by atomic mass is 9.93. The van der Waals surface area contributed by atoms with Gasteiger partial charge in [0.15, 0.2) is 0 Å². The largest absolute Gasteiger partial charge is 0.356 e. The van der Waals surface area contributed by atoms with Crippen molar-refractivity contribution in [1.29, 1.82) is 0 Å². The molecule has 3 N–H and O–H groups in total. The van der Waals surface area contributed by atoms with Crippen LogP contribution in [0.2, 0.25) is 0 Å². The average Bonchev–Trinajstić information content (AvgIpc) is 2.44. The van der Waals surface area contributed by atoms with Crippen LogP contribution in [-0.4, -0.2) is 19.0 Å². The van der Waals surface area contributed by atoms with E-state index in [1.54, 1.807) is 0 Å². The Bertz CT molecular complexity index is 239. The van der Waals surface area contributed by atoms with Crippen molar-refractivity contribution in [3.8, 4) is 0 Å². The third-order valence-corrected chi connectivity index (χ3v) is 3.94. The Kier molecular flexibility index (Phi) is 11.8. The van der Waals surface area contributed by atoms with Crippen LogP contribution in [-0.2, 0) is 4.79 Å². The number of nitrogens with one attached hydrogen (secondary N) is 1. The zero-order chi connectivity index (χ0) is 15.3. The maximum absolute atomic E-state index is 11.8. The van der Waals surface area contributed by atoms with Crippen LogP contribution in [0.3, 0.4) is 0 Å². The molecule has 20 heavy (non-hydrogen) atoms. The van der Waals surface area contributed by atoms with E-state index in [0.717, 1.165) is 13.0 Å². The molecule has 0 aromatic carbocycles. The summed E-state index contributed by atoms with van der Waals surface area (Å²) in [6.45, 7) is 7.23. The molecule has 0 heterocycles. The van der Waals surface area contributed by atoms with E-state index in [0.29, 0.717) is 6.54 Å². The first-order chi connectivity index (χ1) is 9.54. The standard InChI is InChI=1S/C17H36N2O/c1-4-5-6-7-8-9-10-11-12-13-14-19-16(20)17(2,3)15-18/h4-15,18H2,1-3H3,(H,19,20). The number of amides is 1. The first-order valence-electron chi connectivity index (χ1n) is 8.53. The maximum atomic E-state index is 11.8. The summed E-state index contributed by atoms with van der Waals surface area (Å²) in [5.74, 6) is 0.0796. The Labute approximate surface area is 126 Å². The SMILES string of the molecule is CCCCCCCCCCCCNC(=O)C(C)(C)CN. The molecule has 0 spiro atoms. The van der Waals surface area contributed by atoms with E-state index >= 15 is 0 Å². The molecule has 0 saturated carbocycles. The number of hydrogen-bond acceptors (Lipinski definition) is 2. The fraction of sp³-hybridized carbons (Fsp3) is 0.941. The summed E-state index contributed by atoms with van der Waals surface area (Å²) >= 11 is 0. The highest BCUT2D eigenvalue weighted by atomic mass is 16.2. The molecule has 0 fully saturated rings. The van der Waals surface area contributed by atoms with Crippen molar-refractivity contribution in [1.82, 2.24) is 5.32 Å². The van der Waals surface area contributed by atoms with E-state index in [4.69, 9.17) is 5.73 Å². The van der Waals surface area contributed by atoms with Crippen LogP contribution in [0.25, 0.3) is 0 Å². The number of carbonyl (C=O) groups is 1. The number of nitrogens with two attached hydrogens (primary N) is 1. The van der Waals surface area contributed by atoms with Crippen LogP contribution >= 0.6 is 0 Å². The summed E-state index contributed by atoms with van der Waals surface area (Å²) in [6, 6.07) is 0. The minimum Gasteiger partial charge on any atom is -0.356 e.